The average molecular weight is 355 g/mol. The molecule has 0 aromatic heterocycles. The minimum Gasteiger partial charge on any atom is -0.497 e. The third kappa shape index (κ3) is 3.63. The van der Waals surface area contributed by atoms with Gasteiger partial charge in [-0.3, -0.25) is 4.99 Å². The average Bonchev–Trinajstić information content (AvgIpc) is 2.93. The highest BCUT2D eigenvalue weighted by Gasteiger charge is 2.15. The molecule has 3 aromatic carbocycles. The summed E-state index contributed by atoms with van der Waals surface area (Å²) in [6.45, 7) is 0. The van der Waals surface area contributed by atoms with E-state index in [9.17, 15) is 0 Å². The lowest BCUT2D eigenvalue weighted by atomic mass is 9.95. The number of allylic oxidation sites excluding steroid dienone is 1. The zero-order valence-electron chi connectivity index (χ0n) is 15.5. The fraction of sp³-hybridized carbons (Fsp3) is 0.125. The summed E-state index contributed by atoms with van der Waals surface area (Å²) in [5, 5.41) is 0. The normalized spacial score (nSPS) is 13.1. The second-order valence-electron chi connectivity index (χ2n) is 6.43. The largest absolute Gasteiger partial charge is 0.497 e. The second kappa shape index (κ2) is 7.50. The number of methoxy groups -OCH3 is 2. The zero-order valence-corrected chi connectivity index (χ0v) is 15.5. The molecule has 4 rings (SSSR count). The van der Waals surface area contributed by atoms with Crippen LogP contribution in [-0.4, -0.2) is 19.9 Å². The number of ether oxygens (including phenoxy) is 2. The fourth-order valence-electron chi connectivity index (χ4n) is 3.29. The maximum absolute atomic E-state index is 5.41. The first-order valence-corrected chi connectivity index (χ1v) is 8.93. The van der Waals surface area contributed by atoms with E-state index in [0.717, 1.165) is 46.0 Å². The van der Waals surface area contributed by atoms with Crippen LogP contribution in [0.3, 0.4) is 0 Å². The lowest BCUT2D eigenvalue weighted by Crippen LogP contribution is -2.02. The van der Waals surface area contributed by atoms with Crippen LogP contribution in [0, 0.1) is 0 Å². The Morgan fingerprint density at radius 3 is 2.15 bits per heavy atom. The molecule has 0 unspecified atom stereocenters. The molecule has 0 aliphatic carbocycles. The molecule has 3 aromatic rings. The summed E-state index contributed by atoms with van der Waals surface area (Å²) in [6.07, 6.45) is 2.95. The SMILES string of the molecule is COc1cccc(C2=Cc3ccccc3N=C(c3cccc(OC)c3)C2)c1. The van der Waals surface area contributed by atoms with E-state index < -0.39 is 0 Å². The third-order valence-electron chi connectivity index (χ3n) is 4.72. The summed E-state index contributed by atoms with van der Waals surface area (Å²) >= 11 is 0. The van der Waals surface area contributed by atoms with Crippen molar-refractivity contribution < 1.29 is 9.47 Å². The Morgan fingerprint density at radius 1 is 0.741 bits per heavy atom. The first-order valence-electron chi connectivity index (χ1n) is 8.93. The topological polar surface area (TPSA) is 30.8 Å². The molecule has 1 aliphatic rings. The van der Waals surface area contributed by atoms with Gasteiger partial charge in [0.2, 0.25) is 0 Å². The van der Waals surface area contributed by atoms with Gasteiger partial charge < -0.3 is 9.47 Å². The van der Waals surface area contributed by atoms with Gasteiger partial charge in [0.15, 0.2) is 0 Å². The number of benzene rings is 3. The second-order valence-corrected chi connectivity index (χ2v) is 6.43. The van der Waals surface area contributed by atoms with Crippen LogP contribution in [0.5, 0.6) is 11.5 Å². The summed E-state index contributed by atoms with van der Waals surface area (Å²) in [5.41, 5.74) is 6.54. The number of para-hydroxylation sites is 1. The lowest BCUT2D eigenvalue weighted by molar-refractivity contribution is 0.414. The maximum Gasteiger partial charge on any atom is 0.119 e. The Balaban J connectivity index is 1.84. The molecule has 1 aliphatic heterocycles. The number of aliphatic imine (C=N–C) groups is 1. The van der Waals surface area contributed by atoms with Crippen molar-refractivity contribution in [3.63, 3.8) is 0 Å². The van der Waals surface area contributed by atoms with E-state index in [1.165, 1.54) is 5.57 Å². The van der Waals surface area contributed by atoms with E-state index in [2.05, 4.69) is 36.4 Å². The maximum atomic E-state index is 5.41. The van der Waals surface area contributed by atoms with Gasteiger partial charge in [0.05, 0.1) is 25.6 Å². The van der Waals surface area contributed by atoms with Gasteiger partial charge in [0.25, 0.3) is 0 Å². The van der Waals surface area contributed by atoms with Crippen LogP contribution in [0.25, 0.3) is 11.6 Å². The molecule has 0 fully saturated rings. The van der Waals surface area contributed by atoms with Crippen LogP contribution >= 0.6 is 0 Å². The first kappa shape index (κ1) is 17.1. The molecule has 0 saturated carbocycles. The summed E-state index contributed by atoms with van der Waals surface area (Å²) in [5.74, 6) is 1.69. The van der Waals surface area contributed by atoms with Crippen molar-refractivity contribution in [1.82, 2.24) is 0 Å². The molecule has 3 heteroatoms. The summed E-state index contributed by atoms with van der Waals surface area (Å²) in [7, 11) is 3.38. The monoisotopic (exact) mass is 355 g/mol. The molecule has 0 bridgehead atoms. The predicted molar refractivity (Wildman–Crippen MR) is 111 cm³/mol. The van der Waals surface area contributed by atoms with Crippen molar-refractivity contribution in [3.05, 3.63) is 89.5 Å². The minimum absolute atomic E-state index is 0.731. The van der Waals surface area contributed by atoms with Crippen molar-refractivity contribution in [2.24, 2.45) is 4.99 Å². The molecule has 0 atom stereocenters. The van der Waals surface area contributed by atoms with Gasteiger partial charge in [-0.2, -0.15) is 0 Å². The quantitative estimate of drug-likeness (QED) is 0.595. The minimum atomic E-state index is 0.731. The summed E-state index contributed by atoms with van der Waals surface area (Å²) < 4.78 is 10.8. The van der Waals surface area contributed by atoms with E-state index in [1.807, 2.05) is 42.5 Å². The van der Waals surface area contributed by atoms with Crippen molar-refractivity contribution >= 4 is 23.0 Å². The summed E-state index contributed by atoms with van der Waals surface area (Å²) in [6, 6.07) is 24.5. The van der Waals surface area contributed by atoms with Gasteiger partial charge in [-0.15, -0.1) is 0 Å². The number of hydrogen-bond acceptors (Lipinski definition) is 3. The molecule has 0 spiro atoms. The van der Waals surface area contributed by atoms with E-state index in [0.29, 0.717) is 0 Å². The molecule has 3 nitrogen and oxygen atoms in total. The molecule has 1 heterocycles. The van der Waals surface area contributed by atoms with E-state index in [1.54, 1.807) is 14.2 Å². The lowest BCUT2D eigenvalue weighted by Gasteiger charge is -2.11. The smallest absolute Gasteiger partial charge is 0.119 e. The van der Waals surface area contributed by atoms with Crippen molar-refractivity contribution in [3.8, 4) is 11.5 Å². The standard InChI is InChI=1S/C24H21NO2/c1-26-21-10-5-8-17(14-21)20-13-18-7-3-4-12-23(18)25-24(16-20)19-9-6-11-22(15-19)27-2/h3-15H,16H2,1-2H3. The molecule has 134 valence electrons. The Bertz CT molecular complexity index is 951. The van der Waals surface area contributed by atoms with Crippen LogP contribution in [0.15, 0.2) is 77.8 Å². The predicted octanol–water partition coefficient (Wildman–Crippen LogP) is 5.77. The highest BCUT2D eigenvalue weighted by molar-refractivity contribution is 6.11. The highest BCUT2D eigenvalue weighted by Crippen LogP contribution is 2.34. The molecule has 27 heavy (non-hydrogen) atoms. The van der Waals surface area contributed by atoms with Crippen LogP contribution in [0.4, 0.5) is 5.69 Å². The van der Waals surface area contributed by atoms with Gasteiger partial charge in [-0.25, -0.2) is 0 Å². The Kier molecular flexibility index (Phi) is 4.75. The number of fused-ring (bicyclic) bond motifs is 1. The van der Waals surface area contributed by atoms with E-state index >= 15 is 0 Å². The molecule has 0 radical (unpaired) electrons. The van der Waals surface area contributed by atoms with E-state index in [-0.39, 0.29) is 0 Å². The van der Waals surface area contributed by atoms with Gasteiger partial charge in [0, 0.05) is 12.0 Å². The summed E-state index contributed by atoms with van der Waals surface area (Å²) in [4.78, 5) is 4.98. The zero-order chi connectivity index (χ0) is 18.6. The fourth-order valence-corrected chi connectivity index (χ4v) is 3.29. The molecule has 0 N–H and O–H groups in total. The molecular formula is C24H21NO2. The van der Waals surface area contributed by atoms with Crippen molar-refractivity contribution in [1.29, 1.82) is 0 Å². The van der Waals surface area contributed by atoms with Crippen molar-refractivity contribution in [2.75, 3.05) is 14.2 Å². The van der Waals surface area contributed by atoms with Crippen LogP contribution < -0.4 is 9.47 Å². The molecular weight excluding hydrogens is 334 g/mol. The Morgan fingerprint density at radius 2 is 1.41 bits per heavy atom. The molecule has 0 saturated heterocycles. The first-order chi connectivity index (χ1) is 13.3. The Hall–Kier alpha value is -3.33. The van der Waals surface area contributed by atoms with Gasteiger partial charge >= 0.3 is 0 Å². The molecule has 0 amide bonds. The van der Waals surface area contributed by atoms with E-state index in [4.69, 9.17) is 14.5 Å². The van der Waals surface area contributed by atoms with Crippen LogP contribution in [0.1, 0.15) is 23.1 Å². The van der Waals surface area contributed by atoms with Gasteiger partial charge in [-0.1, -0.05) is 42.5 Å². The number of nitrogens with zero attached hydrogens (tertiary/aromatic N) is 1. The number of hydrogen-bond donors (Lipinski definition) is 0. The Labute approximate surface area is 159 Å². The van der Waals surface area contributed by atoms with Gasteiger partial charge in [-0.05, 0) is 53.1 Å². The van der Waals surface area contributed by atoms with Crippen molar-refractivity contribution in [2.45, 2.75) is 6.42 Å². The van der Waals surface area contributed by atoms with Crippen LogP contribution in [0.2, 0.25) is 0 Å². The van der Waals surface area contributed by atoms with Crippen LogP contribution in [-0.2, 0) is 0 Å². The highest BCUT2D eigenvalue weighted by atomic mass is 16.5. The van der Waals surface area contributed by atoms with Gasteiger partial charge in [0.1, 0.15) is 11.5 Å². The third-order valence-corrected chi connectivity index (χ3v) is 4.72. The number of rotatable bonds is 4.